The lowest BCUT2D eigenvalue weighted by atomic mass is 9.86. The van der Waals surface area contributed by atoms with Gasteiger partial charge in [0.15, 0.2) is 0 Å². The molecule has 1 unspecified atom stereocenters. The van der Waals surface area contributed by atoms with Crippen molar-refractivity contribution in [3.8, 4) is 0 Å². The van der Waals surface area contributed by atoms with Crippen molar-refractivity contribution in [3.05, 3.63) is 49.1 Å². The molecule has 2 aromatic heterocycles. The van der Waals surface area contributed by atoms with Crippen LogP contribution in [-0.2, 0) is 0 Å². The molecule has 0 aliphatic carbocycles. The van der Waals surface area contributed by atoms with Gasteiger partial charge in [-0.05, 0) is 73.6 Å². The van der Waals surface area contributed by atoms with E-state index in [9.17, 15) is 0 Å². The Labute approximate surface area is 197 Å². The molecule has 2 aromatic rings. The largest absolute Gasteiger partial charge is 0.371 e. The first-order valence-electron chi connectivity index (χ1n) is 12.8. The summed E-state index contributed by atoms with van der Waals surface area (Å²) in [6, 6.07) is 8.40. The van der Waals surface area contributed by atoms with Crippen molar-refractivity contribution in [2.24, 2.45) is 23.7 Å². The van der Waals surface area contributed by atoms with Crippen molar-refractivity contribution in [2.75, 3.05) is 36.0 Å². The van der Waals surface area contributed by atoms with E-state index in [1.54, 1.807) is 0 Å². The van der Waals surface area contributed by atoms with E-state index < -0.39 is 0 Å². The molecule has 4 rings (SSSR count). The van der Waals surface area contributed by atoms with Crippen LogP contribution < -0.4 is 9.80 Å². The standard InChI is InChI=1S/2C13H20N2.C2H6/c1-11(2)12-4-3-9-15(10-12)13-5-7-14-8-6-13;1-11(2)12-5-8-15(9-6-12)13-4-3-7-14-10-13;1-2/h5-8,11-12H,3-4,9-10H2,1-2H3;3-4,7,10-12H,5-6,8-9H2,1-2H3;1-2H3. The van der Waals surface area contributed by atoms with Crippen LogP contribution in [-0.4, -0.2) is 36.1 Å². The predicted octanol–water partition coefficient (Wildman–Crippen LogP) is 6.93. The maximum absolute atomic E-state index is 4.17. The minimum Gasteiger partial charge on any atom is -0.371 e. The van der Waals surface area contributed by atoms with Gasteiger partial charge in [-0.15, -0.1) is 0 Å². The SMILES string of the molecule is CC.CC(C)C1CCCN(c2ccncc2)C1.CC(C)C1CCN(c2cccnc2)CC1. The van der Waals surface area contributed by atoms with Crippen LogP contribution in [0.15, 0.2) is 49.1 Å². The molecule has 2 saturated heterocycles. The normalized spacial score (nSPS) is 19.2. The Balaban J connectivity index is 0.000000211. The predicted molar refractivity (Wildman–Crippen MR) is 139 cm³/mol. The quantitative estimate of drug-likeness (QED) is 0.518. The second-order valence-corrected chi connectivity index (χ2v) is 9.58. The number of rotatable bonds is 4. The topological polar surface area (TPSA) is 32.3 Å². The van der Waals surface area contributed by atoms with Crippen LogP contribution >= 0.6 is 0 Å². The minimum atomic E-state index is 0.801. The lowest BCUT2D eigenvalue weighted by molar-refractivity contribution is 0.311. The molecular weight excluding hydrogens is 392 g/mol. The molecule has 32 heavy (non-hydrogen) atoms. The molecule has 0 aromatic carbocycles. The highest BCUT2D eigenvalue weighted by Gasteiger charge is 2.22. The fraction of sp³-hybridized carbons (Fsp3) is 0.643. The number of hydrogen-bond donors (Lipinski definition) is 0. The summed E-state index contributed by atoms with van der Waals surface area (Å²) in [5.41, 5.74) is 2.61. The second kappa shape index (κ2) is 14.1. The average molecular weight is 439 g/mol. The molecule has 0 amide bonds. The summed E-state index contributed by atoms with van der Waals surface area (Å²) in [6.07, 6.45) is 12.9. The first-order chi connectivity index (χ1) is 15.5. The Kier molecular flexibility index (Phi) is 11.5. The van der Waals surface area contributed by atoms with Gasteiger partial charge in [-0.1, -0.05) is 41.5 Å². The third-order valence-electron chi connectivity index (χ3n) is 6.92. The highest BCUT2D eigenvalue weighted by molar-refractivity contribution is 5.45. The van der Waals surface area contributed by atoms with Crippen molar-refractivity contribution in [3.63, 3.8) is 0 Å². The molecule has 0 radical (unpaired) electrons. The van der Waals surface area contributed by atoms with E-state index in [4.69, 9.17) is 0 Å². The Morgan fingerprint density at radius 2 is 1.38 bits per heavy atom. The van der Waals surface area contributed by atoms with Crippen molar-refractivity contribution >= 4 is 11.4 Å². The summed E-state index contributed by atoms with van der Waals surface area (Å²) in [5.74, 6) is 3.40. The number of nitrogens with zero attached hydrogens (tertiary/aromatic N) is 4. The summed E-state index contributed by atoms with van der Waals surface area (Å²) in [5, 5.41) is 0. The van der Waals surface area contributed by atoms with Crippen LogP contribution in [0.1, 0.15) is 67.2 Å². The summed E-state index contributed by atoms with van der Waals surface area (Å²) in [7, 11) is 0. The van der Waals surface area contributed by atoms with E-state index in [0.29, 0.717) is 0 Å². The number of pyridine rings is 2. The highest BCUT2D eigenvalue weighted by atomic mass is 15.1. The second-order valence-electron chi connectivity index (χ2n) is 9.58. The first kappa shape index (κ1) is 26.2. The van der Waals surface area contributed by atoms with Gasteiger partial charge in [-0.25, -0.2) is 0 Å². The highest BCUT2D eigenvalue weighted by Crippen LogP contribution is 2.28. The monoisotopic (exact) mass is 438 g/mol. The van der Waals surface area contributed by atoms with E-state index in [2.05, 4.69) is 65.7 Å². The van der Waals surface area contributed by atoms with E-state index in [-0.39, 0.29) is 0 Å². The molecule has 0 saturated carbocycles. The Morgan fingerprint density at radius 3 is 1.94 bits per heavy atom. The van der Waals surface area contributed by atoms with Crippen molar-refractivity contribution in [1.82, 2.24) is 9.97 Å². The van der Waals surface area contributed by atoms with Gasteiger partial charge in [0.05, 0.1) is 11.9 Å². The van der Waals surface area contributed by atoms with Crippen molar-refractivity contribution in [1.29, 1.82) is 0 Å². The molecule has 2 aliphatic heterocycles. The minimum absolute atomic E-state index is 0.801. The van der Waals surface area contributed by atoms with Gasteiger partial charge in [0.25, 0.3) is 0 Å². The molecule has 2 aliphatic rings. The smallest absolute Gasteiger partial charge is 0.0552 e. The van der Waals surface area contributed by atoms with Crippen LogP contribution in [0.3, 0.4) is 0 Å². The maximum atomic E-state index is 4.17. The number of hydrogen-bond acceptors (Lipinski definition) is 4. The van der Waals surface area contributed by atoms with Gasteiger partial charge in [0, 0.05) is 50.5 Å². The Morgan fingerprint density at radius 1 is 0.719 bits per heavy atom. The van der Waals surface area contributed by atoms with Crippen molar-refractivity contribution in [2.45, 2.75) is 67.2 Å². The van der Waals surface area contributed by atoms with Gasteiger partial charge in [-0.2, -0.15) is 0 Å². The van der Waals surface area contributed by atoms with Gasteiger partial charge in [-0.3, -0.25) is 9.97 Å². The van der Waals surface area contributed by atoms with E-state index >= 15 is 0 Å². The zero-order chi connectivity index (χ0) is 23.3. The fourth-order valence-electron chi connectivity index (χ4n) is 4.71. The zero-order valence-corrected chi connectivity index (χ0v) is 21.4. The molecule has 4 nitrogen and oxygen atoms in total. The molecule has 1 atom stereocenters. The molecule has 2 fully saturated rings. The fourth-order valence-corrected chi connectivity index (χ4v) is 4.71. The van der Waals surface area contributed by atoms with Gasteiger partial charge in [0.2, 0.25) is 0 Å². The molecule has 0 N–H and O–H groups in total. The van der Waals surface area contributed by atoms with Crippen LogP contribution in [0, 0.1) is 23.7 Å². The lowest BCUT2D eigenvalue weighted by Crippen LogP contribution is -2.37. The summed E-state index contributed by atoms with van der Waals surface area (Å²) >= 11 is 0. The van der Waals surface area contributed by atoms with Gasteiger partial charge < -0.3 is 9.80 Å². The average Bonchev–Trinajstić information content (AvgIpc) is 2.87. The van der Waals surface area contributed by atoms with E-state index in [0.717, 1.165) is 23.7 Å². The van der Waals surface area contributed by atoms with Gasteiger partial charge in [0.1, 0.15) is 0 Å². The third-order valence-corrected chi connectivity index (χ3v) is 6.92. The summed E-state index contributed by atoms with van der Waals surface area (Å²) in [6.45, 7) is 18.1. The molecule has 4 heteroatoms. The maximum Gasteiger partial charge on any atom is 0.0552 e. The Hall–Kier alpha value is -2.10. The van der Waals surface area contributed by atoms with Crippen LogP contribution in [0.2, 0.25) is 0 Å². The number of aromatic nitrogens is 2. The lowest BCUT2D eigenvalue weighted by Gasteiger charge is -2.36. The summed E-state index contributed by atoms with van der Waals surface area (Å²) in [4.78, 5) is 13.2. The van der Waals surface area contributed by atoms with Crippen LogP contribution in [0.25, 0.3) is 0 Å². The van der Waals surface area contributed by atoms with E-state index in [1.165, 1.54) is 63.2 Å². The summed E-state index contributed by atoms with van der Waals surface area (Å²) < 4.78 is 0. The zero-order valence-electron chi connectivity index (χ0n) is 21.4. The van der Waals surface area contributed by atoms with E-state index in [1.807, 2.05) is 44.7 Å². The number of piperidine rings is 2. The molecule has 4 heterocycles. The molecule has 0 bridgehead atoms. The molecule has 178 valence electrons. The van der Waals surface area contributed by atoms with Crippen LogP contribution in [0.5, 0.6) is 0 Å². The number of anilines is 2. The molecular formula is C28H46N4. The third kappa shape index (κ3) is 8.11. The Bertz CT molecular complexity index is 709. The van der Waals surface area contributed by atoms with Gasteiger partial charge >= 0.3 is 0 Å². The molecule has 0 spiro atoms. The first-order valence-corrected chi connectivity index (χ1v) is 12.8. The van der Waals surface area contributed by atoms with Crippen molar-refractivity contribution < 1.29 is 0 Å². The van der Waals surface area contributed by atoms with Crippen LogP contribution in [0.4, 0.5) is 11.4 Å².